The first-order valence-corrected chi connectivity index (χ1v) is 9.16. The molecule has 0 fully saturated rings. The van der Waals surface area contributed by atoms with Gasteiger partial charge in [-0.25, -0.2) is 9.78 Å². The van der Waals surface area contributed by atoms with Crippen molar-refractivity contribution in [2.75, 3.05) is 11.9 Å². The molecule has 1 N–H and O–H groups in total. The van der Waals surface area contributed by atoms with Crippen LogP contribution in [0, 0.1) is 0 Å². The van der Waals surface area contributed by atoms with Gasteiger partial charge in [-0.3, -0.25) is 4.79 Å². The lowest BCUT2D eigenvalue weighted by molar-refractivity contribution is -0.123. The van der Waals surface area contributed by atoms with Gasteiger partial charge in [-0.2, -0.15) is 0 Å². The van der Waals surface area contributed by atoms with Crippen LogP contribution in [0.15, 0.2) is 54.6 Å². The molecule has 1 heterocycles. The number of fused-ring (bicyclic) bond motifs is 1. The number of carbonyl (C=O) groups excluding carboxylic acids is 2. The van der Waals surface area contributed by atoms with Crippen molar-refractivity contribution < 1.29 is 19.1 Å². The Morgan fingerprint density at radius 1 is 1.14 bits per heavy atom. The Kier molecular flexibility index (Phi) is 6.11. The lowest BCUT2D eigenvalue weighted by Crippen LogP contribution is -2.30. The number of halogens is 1. The van der Waals surface area contributed by atoms with Gasteiger partial charge in [0.15, 0.2) is 6.10 Å². The topological polar surface area (TPSA) is 77.5 Å². The van der Waals surface area contributed by atoms with Crippen molar-refractivity contribution in [1.29, 1.82) is 0 Å². The van der Waals surface area contributed by atoms with Crippen LogP contribution in [0.25, 0.3) is 10.9 Å². The molecule has 0 radical (unpaired) electrons. The number of para-hydroxylation sites is 3. The first-order valence-electron chi connectivity index (χ1n) is 8.78. The molecule has 1 amide bonds. The zero-order valence-corrected chi connectivity index (χ0v) is 16.2. The summed E-state index contributed by atoms with van der Waals surface area (Å²) < 4.78 is 10.8. The number of nitrogens with one attached hydrogen (secondary N) is 1. The molecule has 144 valence electrons. The van der Waals surface area contributed by atoms with Crippen molar-refractivity contribution in [1.82, 2.24) is 4.98 Å². The normalized spacial score (nSPS) is 11.7. The van der Waals surface area contributed by atoms with Gasteiger partial charge in [-0.1, -0.05) is 41.9 Å². The molecule has 0 saturated carbocycles. The van der Waals surface area contributed by atoms with Crippen LogP contribution in [0.2, 0.25) is 5.15 Å². The van der Waals surface area contributed by atoms with Gasteiger partial charge >= 0.3 is 5.97 Å². The van der Waals surface area contributed by atoms with Crippen LogP contribution in [-0.2, 0) is 9.53 Å². The van der Waals surface area contributed by atoms with Crippen LogP contribution >= 0.6 is 11.6 Å². The molecule has 1 aromatic heterocycles. The number of anilines is 1. The molecule has 3 rings (SSSR count). The Morgan fingerprint density at radius 3 is 2.64 bits per heavy atom. The molecule has 28 heavy (non-hydrogen) atoms. The van der Waals surface area contributed by atoms with E-state index in [9.17, 15) is 9.59 Å². The summed E-state index contributed by atoms with van der Waals surface area (Å²) in [5, 5.41) is 3.50. The molecule has 0 bridgehead atoms. The van der Waals surface area contributed by atoms with Crippen molar-refractivity contribution in [3.63, 3.8) is 0 Å². The molecule has 0 aliphatic heterocycles. The Balaban J connectivity index is 1.75. The van der Waals surface area contributed by atoms with E-state index in [1.807, 2.05) is 13.0 Å². The Labute approximate surface area is 167 Å². The zero-order valence-electron chi connectivity index (χ0n) is 15.4. The molecule has 0 aliphatic rings. The summed E-state index contributed by atoms with van der Waals surface area (Å²) in [6, 6.07) is 15.6. The smallest absolute Gasteiger partial charge is 0.339 e. The van der Waals surface area contributed by atoms with E-state index in [2.05, 4.69) is 10.3 Å². The van der Waals surface area contributed by atoms with E-state index >= 15 is 0 Å². The first-order chi connectivity index (χ1) is 13.5. The summed E-state index contributed by atoms with van der Waals surface area (Å²) in [7, 11) is 0. The molecule has 1 atom stereocenters. The average molecular weight is 399 g/mol. The van der Waals surface area contributed by atoms with Crippen LogP contribution in [-0.4, -0.2) is 29.6 Å². The number of hydrogen-bond acceptors (Lipinski definition) is 5. The van der Waals surface area contributed by atoms with E-state index in [0.717, 1.165) is 0 Å². The Bertz CT molecular complexity index is 1020. The third-order valence-corrected chi connectivity index (χ3v) is 4.20. The number of esters is 1. The predicted octanol–water partition coefficient (Wildman–Crippen LogP) is 4.47. The van der Waals surface area contributed by atoms with E-state index in [4.69, 9.17) is 21.1 Å². The molecule has 2 aromatic carbocycles. The number of pyridine rings is 1. The molecule has 0 spiro atoms. The SMILES string of the molecule is CCOc1ccccc1NC(=O)[C@@H](C)OC(=O)c1cc(Cl)nc2ccccc12. The lowest BCUT2D eigenvalue weighted by Gasteiger charge is -2.16. The minimum Gasteiger partial charge on any atom is -0.492 e. The van der Waals surface area contributed by atoms with E-state index < -0.39 is 18.0 Å². The fourth-order valence-corrected chi connectivity index (χ4v) is 2.88. The van der Waals surface area contributed by atoms with Crippen molar-refractivity contribution >= 4 is 40.1 Å². The van der Waals surface area contributed by atoms with Gasteiger partial charge in [0.2, 0.25) is 0 Å². The second-order valence-corrected chi connectivity index (χ2v) is 6.36. The van der Waals surface area contributed by atoms with E-state index in [0.29, 0.717) is 28.9 Å². The number of carbonyl (C=O) groups is 2. The summed E-state index contributed by atoms with van der Waals surface area (Å²) in [6.45, 7) is 3.82. The highest BCUT2D eigenvalue weighted by Gasteiger charge is 2.22. The molecule has 7 heteroatoms. The maximum Gasteiger partial charge on any atom is 0.339 e. The molecule has 3 aromatic rings. The van der Waals surface area contributed by atoms with Crippen molar-refractivity contribution in [2.45, 2.75) is 20.0 Å². The van der Waals surface area contributed by atoms with Gasteiger partial charge in [0.1, 0.15) is 10.9 Å². The molecular weight excluding hydrogens is 380 g/mol. The number of amides is 1. The summed E-state index contributed by atoms with van der Waals surface area (Å²) >= 11 is 6.01. The van der Waals surface area contributed by atoms with E-state index in [1.54, 1.807) is 42.5 Å². The van der Waals surface area contributed by atoms with Gasteiger partial charge in [0.05, 0.1) is 23.4 Å². The van der Waals surface area contributed by atoms with Crippen LogP contribution in [0.3, 0.4) is 0 Å². The summed E-state index contributed by atoms with van der Waals surface area (Å²) in [5.41, 5.74) is 1.34. The summed E-state index contributed by atoms with van der Waals surface area (Å²) in [5.74, 6) is -0.574. The standard InChI is InChI=1S/C21H19ClN2O4/c1-3-27-18-11-7-6-10-17(18)24-20(25)13(2)28-21(26)15-12-19(22)23-16-9-5-4-8-14(15)16/h4-13H,3H2,1-2H3,(H,24,25)/t13-/m1/s1. The molecule has 6 nitrogen and oxygen atoms in total. The van der Waals surface area contributed by atoms with E-state index in [-0.39, 0.29) is 10.7 Å². The van der Waals surface area contributed by atoms with Crippen LogP contribution in [0.1, 0.15) is 24.2 Å². The largest absolute Gasteiger partial charge is 0.492 e. The maximum atomic E-state index is 12.6. The van der Waals surface area contributed by atoms with Crippen molar-refractivity contribution in [3.05, 3.63) is 65.3 Å². The third-order valence-electron chi connectivity index (χ3n) is 4.00. The quantitative estimate of drug-likeness (QED) is 0.489. The predicted molar refractivity (Wildman–Crippen MR) is 108 cm³/mol. The highest BCUT2D eigenvalue weighted by molar-refractivity contribution is 6.30. The number of hydrogen-bond donors (Lipinski definition) is 1. The molecule has 0 aliphatic carbocycles. The highest BCUT2D eigenvalue weighted by Crippen LogP contribution is 2.25. The second kappa shape index (κ2) is 8.71. The summed E-state index contributed by atoms with van der Waals surface area (Å²) in [6.07, 6.45) is -1.02. The summed E-state index contributed by atoms with van der Waals surface area (Å²) in [4.78, 5) is 29.3. The van der Waals surface area contributed by atoms with Gasteiger partial charge in [-0.15, -0.1) is 0 Å². The van der Waals surface area contributed by atoms with E-state index in [1.165, 1.54) is 13.0 Å². The van der Waals surface area contributed by atoms with Crippen molar-refractivity contribution in [3.8, 4) is 5.75 Å². The van der Waals surface area contributed by atoms with Gasteiger partial charge in [0, 0.05) is 5.39 Å². The fraction of sp³-hybridized carbons (Fsp3) is 0.190. The number of nitrogens with zero attached hydrogens (tertiary/aromatic N) is 1. The molecule has 0 unspecified atom stereocenters. The number of aromatic nitrogens is 1. The molecule has 0 saturated heterocycles. The Hall–Kier alpha value is -3.12. The lowest BCUT2D eigenvalue weighted by atomic mass is 10.1. The van der Waals surface area contributed by atoms with Gasteiger partial charge in [-0.05, 0) is 38.1 Å². The number of benzene rings is 2. The average Bonchev–Trinajstić information content (AvgIpc) is 2.68. The molecular formula is C21H19ClN2O4. The number of ether oxygens (including phenoxy) is 2. The van der Waals surface area contributed by atoms with Crippen LogP contribution < -0.4 is 10.1 Å². The first kappa shape index (κ1) is 19.6. The van der Waals surface area contributed by atoms with Gasteiger partial charge in [0.25, 0.3) is 5.91 Å². The van der Waals surface area contributed by atoms with Crippen molar-refractivity contribution in [2.24, 2.45) is 0 Å². The second-order valence-electron chi connectivity index (χ2n) is 5.98. The fourth-order valence-electron chi connectivity index (χ4n) is 2.68. The van der Waals surface area contributed by atoms with Crippen LogP contribution in [0.5, 0.6) is 5.75 Å². The maximum absolute atomic E-state index is 12.6. The minimum absolute atomic E-state index is 0.174. The van der Waals surface area contributed by atoms with Crippen LogP contribution in [0.4, 0.5) is 5.69 Å². The highest BCUT2D eigenvalue weighted by atomic mass is 35.5. The minimum atomic E-state index is -1.02. The monoisotopic (exact) mass is 398 g/mol. The number of rotatable bonds is 6. The zero-order chi connectivity index (χ0) is 20.1. The Morgan fingerprint density at radius 2 is 1.86 bits per heavy atom. The third kappa shape index (κ3) is 4.40. The van der Waals surface area contributed by atoms with Gasteiger partial charge < -0.3 is 14.8 Å².